The fourth-order valence-electron chi connectivity index (χ4n) is 2.87. The van der Waals surface area contributed by atoms with Crippen LogP contribution in [-0.2, 0) is 6.42 Å². The minimum Gasteiger partial charge on any atom is -0.317 e. The standard InChI is InChI=1S/C14H19ClFN/c1-14(6-5-12(9-14)17-2)8-10-7-11(15)3-4-13(10)16/h3-4,7,12,17H,5-6,8-9H2,1-2H3. The predicted octanol–water partition coefficient (Wildman–Crippen LogP) is 3.80. The first kappa shape index (κ1) is 12.8. The van der Waals surface area contributed by atoms with Crippen molar-refractivity contribution in [2.75, 3.05) is 7.05 Å². The highest BCUT2D eigenvalue weighted by molar-refractivity contribution is 6.30. The first-order valence-electron chi connectivity index (χ1n) is 6.14. The molecule has 1 fully saturated rings. The van der Waals surface area contributed by atoms with Crippen LogP contribution < -0.4 is 5.32 Å². The lowest BCUT2D eigenvalue weighted by Gasteiger charge is -2.24. The highest BCUT2D eigenvalue weighted by Crippen LogP contribution is 2.41. The highest BCUT2D eigenvalue weighted by atomic mass is 35.5. The van der Waals surface area contributed by atoms with E-state index in [-0.39, 0.29) is 11.2 Å². The molecule has 1 nitrogen and oxygen atoms in total. The lowest BCUT2D eigenvalue weighted by Crippen LogP contribution is -2.24. The van der Waals surface area contributed by atoms with E-state index in [1.807, 2.05) is 7.05 Å². The zero-order valence-electron chi connectivity index (χ0n) is 10.4. The van der Waals surface area contributed by atoms with Gasteiger partial charge in [-0.05, 0) is 61.9 Å². The Morgan fingerprint density at radius 1 is 1.53 bits per heavy atom. The normalized spacial score (nSPS) is 28.6. The molecule has 2 rings (SSSR count). The highest BCUT2D eigenvalue weighted by Gasteiger charge is 2.34. The molecule has 94 valence electrons. The summed E-state index contributed by atoms with van der Waals surface area (Å²) in [5.74, 6) is -0.136. The first-order chi connectivity index (χ1) is 8.02. The van der Waals surface area contributed by atoms with Crippen molar-refractivity contribution in [1.29, 1.82) is 0 Å². The van der Waals surface area contributed by atoms with Gasteiger partial charge in [0.25, 0.3) is 0 Å². The van der Waals surface area contributed by atoms with Crippen LogP contribution in [-0.4, -0.2) is 13.1 Å². The van der Waals surface area contributed by atoms with Gasteiger partial charge in [0.2, 0.25) is 0 Å². The topological polar surface area (TPSA) is 12.0 Å². The fraction of sp³-hybridized carbons (Fsp3) is 0.571. The third kappa shape index (κ3) is 2.99. The minimum absolute atomic E-state index is 0.136. The van der Waals surface area contributed by atoms with Gasteiger partial charge < -0.3 is 5.32 Å². The van der Waals surface area contributed by atoms with Gasteiger partial charge in [-0.25, -0.2) is 4.39 Å². The maximum atomic E-state index is 13.7. The number of hydrogen-bond acceptors (Lipinski definition) is 1. The number of nitrogens with one attached hydrogen (secondary N) is 1. The van der Waals surface area contributed by atoms with Crippen molar-refractivity contribution in [1.82, 2.24) is 5.32 Å². The number of rotatable bonds is 3. The van der Waals surface area contributed by atoms with Crippen molar-refractivity contribution >= 4 is 11.6 Å². The van der Waals surface area contributed by atoms with E-state index in [1.165, 1.54) is 12.5 Å². The van der Waals surface area contributed by atoms with Crippen LogP contribution in [0.3, 0.4) is 0 Å². The maximum Gasteiger partial charge on any atom is 0.126 e. The molecule has 3 heteroatoms. The zero-order chi connectivity index (χ0) is 12.5. The van der Waals surface area contributed by atoms with E-state index in [1.54, 1.807) is 12.1 Å². The first-order valence-corrected chi connectivity index (χ1v) is 6.51. The molecular weight excluding hydrogens is 237 g/mol. The third-order valence-corrected chi connectivity index (χ3v) is 4.10. The van der Waals surface area contributed by atoms with E-state index >= 15 is 0 Å². The van der Waals surface area contributed by atoms with E-state index in [0.717, 1.165) is 24.8 Å². The van der Waals surface area contributed by atoms with Crippen LogP contribution in [0.4, 0.5) is 4.39 Å². The van der Waals surface area contributed by atoms with Gasteiger partial charge in [-0.2, -0.15) is 0 Å². The van der Waals surface area contributed by atoms with Gasteiger partial charge in [-0.3, -0.25) is 0 Å². The Bertz CT molecular complexity index is 407. The molecule has 0 spiro atoms. The van der Waals surface area contributed by atoms with Gasteiger partial charge in [0, 0.05) is 11.1 Å². The molecule has 0 bridgehead atoms. The number of halogens is 2. The Balaban J connectivity index is 2.13. The Morgan fingerprint density at radius 3 is 2.94 bits per heavy atom. The van der Waals surface area contributed by atoms with Gasteiger partial charge >= 0.3 is 0 Å². The molecule has 0 amide bonds. The molecule has 0 radical (unpaired) electrons. The molecule has 2 atom stereocenters. The molecule has 0 aromatic heterocycles. The molecule has 1 saturated carbocycles. The van der Waals surface area contributed by atoms with E-state index < -0.39 is 0 Å². The second-order valence-corrected chi connectivity index (χ2v) is 5.89. The Hall–Kier alpha value is -0.600. The lowest BCUT2D eigenvalue weighted by atomic mass is 9.82. The van der Waals surface area contributed by atoms with Gasteiger partial charge in [-0.15, -0.1) is 0 Å². The van der Waals surface area contributed by atoms with Crippen LogP contribution in [0.15, 0.2) is 18.2 Å². The summed E-state index contributed by atoms with van der Waals surface area (Å²) >= 11 is 5.92. The van der Waals surface area contributed by atoms with E-state index in [2.05, 4.69) is 12.2 Å². The van der Waals surface area contributed by atoms with Gasteiger partial charge in [0.15, 0.2) is 0 Å². The monoisotopic (exact) mass is 255 g/mol. The smallest absolute Gasteiger partial charge is 0.126 e. The fourth-order valence-corrected chi connectivity index (χ4v) is 3.06. The number of benzene rings is 1. The summed E-state index contributed by atoms with van der Waals surface area (Å²) in [6.45, 7) is 2.24. The Labute approximate surface area is 107 Å². The van der Waals surface area contributed by atoms with Crippen molar-refractivity contribution in [2.24, 2.45) is 5.41 Å². The van der Waals surface area contributed by atoms with Crippen molar-refractivity contribution in [3.8, 4) is 0 Å². The summed E-state index contributed by atoms with van der Waals surface area (Å²) < 4.78 is 13.7. The van der Waals surface area contributed by atoms with E-state index in [9.17, 15) is 4.39 Å². The van der Waals surface area contributed by atoms with Crippen molar-refractivity contribution < 1.29 is 4.39 Å². The minimum atomic E-state index is -0.136. The van der Waals surface area contributed by atoms with E-state index in [4.69, 9.17) is 11.6 Å². The van der Waals surface area contributed by atoms with Crippen LogP contribution in [0.5, 0.6) is 0 Å². The van der Waals surface area contributed by atoms with Gasteiger partial charge in [0.1, 0.15) is 5.82 Å². The second kappa shape index (κ2) is 4.95. The molecule has 0 heterocycles. The van der Waals surface area contributed by atoms with Crippen LogP contribution >= 0.6 is 11.6 Å². The Kier molecular flexibility index (Phi) is 3.74. The number of hydrogen-bond donors (Lipinski definition) is 1. The second-order valence-electron chi connectivity index (χ2n) is 5.45. The maximum absolute atomic E-state index is 13.7. The SMILES string of the molecule is CNC1CCC(C)(Cc2cc(Cl)ccc2F)C1. The molecule has 1 N–H and O–H groups in total. The van der Waals surface area contributed by atoms with Gasteiger partial charge in [0.05, 0.1) is 0 Å². The molecular formula is C14H19ClFN. The predicted molar refractivity (Wildman–Crippen MR) is 69.9 cm³/mol. The van der Waals surface area contributed by atoms with Crippen LogP contribution in [0, 0.1) is 11.2 Å². The van der Waals surface area contributed by atoms with Crippen molar-refractivity contribution in [3.05, 3.63) is 34.6 Å². The summed E-state index contributed by atoms with van der Waals surface area (Å²) in [6, 6.07) is 5.40. The summed E-state index contributed by atoms with van der Waals surface area (Å²) in [7, 11) is 2.00. The van der Waals surface area contributed by atoms with Crippen molar-refractivity contribution in [2.45, 2.75) is 38.6 Å². The average Bonchev–Trinajstić information content (AvgIpc) is 2.66. The summed E-state index contributed by atoms with van der Waals surface area (Å²) in [6.07, 6.45) is 4.20. The van der Waals surface area contributed by atoms with E-state index in [0.29, 0.717) is 11.1 Å². The molecule has 17 heavy (non-hydrogen) atoms. The largest absolute Gasteiger partial charge is 0.317 e. The molecule has 2 unspecified atom stereocenters. The van der Waals surface area contributed by atoms with Crippen LogP contribution in [0.2, 0.25) is 5.02 Å². The van der Waals surface area contributed by atoms with Crippen LogP contribution in [0.1, 0.15) is 31.7 Å². The summed E-state index contributed by atoms with van der Waals surface area (Å²) in [4.78, 5) is 0. The molecule has 0 saturated heterocycles. The Morgan fingerprint density at radius 2 is 2.29 bits per heavy atom. The molecule has 0 aliphatic heterocycles. The zero-order valence-corrected chi connectivity index (χ0v) is 11.1. The quantitative estimate of drug-likeness (QED) is 0.866. The third-order valence-electron chi connectivity index (χ3n) is 3.87. The molecule has 1 aliphatic carbocycles. The summed E-state index contributed by atoms with van der Waals surface area (Å²) in [5.41, 5.74) is 0.941. The van der Waals surface area contributed by atoms with Gasteiger partial charge in [-0.1, -0.05) is 18.5 Å². The molecule has 1 aromatic carbocycles. The molecule has 1 aliphatic rings. The lowest BCUT2D eigenvalue weighted by molar-refractivity contribution is 0.320. The summed E-state index contributed by atoms with van der Waals surface area (Å²) in [5, 5.41) is 3.93. The molecule has 1 aromatic rings. The van der Waals surface area contributed by atoms with Crippen molar-refractivity contribution in [3.63, 3.8) is 0 Å². The average molecular weight is 256 g/mol. The van der Waals surface area contributed by atoms with Crippen LogP contribution in [0.25, 0.3) is 0 Å².